The molecule has 1 saturated heterocycles. The third-order valence-electron chi connectivity index (χ3n) is 9.82. The minimum absolute atomic E-state index is 0.330. The van der Waals surface area contributed by atoms with Crippen LogP contribution in [-0.4, -0.2) is 23.9 Å². The van der Waals surface area contributed by atoms with Crippen LogP contribution in [0.1, 0.15) is 76.3 Å². The van der Waals surface area contributed by atoms with Crippen molar-refractivity contribution in [1.82, 2.24) is 4.90 Å². The van der Waals surface area contributed by atoms with Crippen molar-refractivity contribution in [2.75, 3.05) is 7.05 Å². The maximum absolute atomic E-state index is 12.3. The van der Waals surface area contributed by atoms with E-state index < -0.39 is 0 Å². The Bertz CT molecular complexity index is 839. The smallest absolute Gasteiger partial charge is 0.222 e. The summed E-state index contributed by atoms with van der Waals surface area (Å²) in [4.78, 5) is 14.5. The summed E-state index contributed by atoms with van der Waals surface area (Å²) in [6.45, 7) is 7.27. The molecule has 0 N–H and O–H groups in total. The van der Waals surface area contributed by atoms with Crippen molar-refractivity contribution in [3.63, 3.8) is 0 Å². The highest BCUT2D eigenvalue weighted by molar-refractivity contribution is 5.77. The number of piperidine rings is 1. The number of rotatable bonds is 1. The first-order valence-corrected chi connectivity index (χ1v) is 11.9. The van der Waals surface area contributed by atoms with Crippen molar-refractivity contribution in [3.05, 3.63) is 41.0 Å². The van der Waals surface area contributed by atoms with E-state index in [1.165, 1.54) is 49.7 Å². The molecular formula is C27H37NO. The lowest BCUT2D eigenvalue weighted by molar-refractivity contribution is -0.156. The molecule has 3 saturated carbocycles. The molecule has 4 fully saturated rings. The van der Waals surface area contributed by atoms with Gasteiger partial charge >= 0.3 is 0 Å². The SMILES string of the molecule is Cc1ccc(/C=C2\CCC3C4CCC5N(C)C(=O)CCC5(C)C4CCC23C)cc1. The Kier molecular flexibility index (Phi) is 4.50. The maximum Gasteiger partial charge on any atom is 0.222 e. The predicted octanol–water partition coefficient (Wildman–Crippen LogP) is 6.24. The fourth-order valence-electron chi connectivity index (χ4n) is 8.10. The number of carbonyl (C=O) groups excluding carboxylic acids is 1. The van der Waals surface area contributed by atoms with E-state index in [9.17, 15) is 4.79 Å². The van der Waals surface area contributed by atoms with E-state index in [4.69, 9.17) is 0 Å². The molecule has 4 aliphatic rings. The summed E-state index contributed by atoms with van der Waals surface area (Å²) in [5, 5.41) is 0. The highest BCUT2D eigenvalue weighted by atomic mass is 16.2. The zero-order chi connectivity index (χ0) is 20.4. The lowest BCUT2D eigenvalue weighted by Gasteiger charge is -2.61. The van der Waals surface area contributed by atoms with Gasteiger partial charge in [0.05, 0.1) is 0 Å². The summed E-state index contributed by atoms with van der Waals surface area (Å²) in [6.07, 6.45) is 12.2. The second kappa shape index (κ2) is 6.72. The van der Waals surface area contributed by atoms with Gasteiger partial charge in [-0.05, 0) is 86.0 Å². The van der Waals surface area contributed by atoms with Crippen molar-refractivity contribution in [1.29, 1.82) is 0 Å². The van der Waals surface area contributed by atoms with E-state index in [0.29, 0.717) is 22.8 Å². The molecule has 6 atom stereocenters. The zero-order valence-electron chi connectivity index (χ0n) is 18.7. The number of hydrogen-bond donors (Lipinski definition) is 0. The lowest BCUT2D eigenvalue weighted by atomic mass is 9.47. The molecule has 0 radical (unpaired) electrons. The number of benzene rings is 1. The van der Waals surface area contributed by atoms with E-state index >= 15 is 0 Å². The number of hydrogen-bond acceptors (Lipinski definition) is 1. The van der Waals surface area contributed by atoms with Gasteiger partial charge in [0.1, 0.15) is 0 Å². The summed E-state index contributed by atoms with van der Waals surface area (Å²) in [6, 6.07) is 9.51. The quantitative estimate of drug-likeness (QED) is 0.555. The number of aryl methyl sites for hydroxylation is 1. The average Bonchev–Trinajstić information content (AvgIpc) is 3.03. The van der Waals surface area contributed by atoms with Crippen molar-refractivity contribution >= 4 is 12.0 Å². The Morgan fingerprint density at radius 2 is 1.72 bits per heavy atom. The van der Waals surface area contributed by atoms with Crippen LogP contribution in [0, 0.1) is 35.5 Å². The summed E-state index contributed by atoms with van der Waals surface area (Å²) in [7, 11) is 2.07. The molecule has 1 aromatic carbocycles. The molecule has 1 heterocycles. The van der Waals surface area contributed by atoms with Crippen molar-refractivity contribution in [2.24, 2.45) is 28.6 Å². The molecule has 0 spiro atoms. The largest absolute Gasteiger partial charge is 0.342 e. The highest BCUT2D eigenvalue weighted by Crippen LogP contribution is 2.66. The van der Waals surface area contributed by atoms with Gasteiger partial charge in [-0.25, -0.2) is 0 Å². The molecule has 1 aliphatic heterocycles. The Morgan fingerprint density at radius 1 is 0.966 bits per heavy atom. The second-order valence-corrected chi connectivity index (χ2v) is 11.1. The van der Waals surface area contributed by atoms with Gasteiger partial charge in [0.15, 0.2) is 0 Å². The van der Waals surface area contributed by atoms with Gasteiger partial charge < -0.3 is 4.90 Å². The zero-order valence-corrected chi connectivity index (χ0v) is 18.7. The van der Waals surface area contributed by atoms with E-state index in [-0.39, 0.29) is 0 Å². The lowest BCUT2D eigenvalue weighted by Crippen LogP contribution is -2.61. The number of likely N-dealkylation sites (tertiary alicyclic amines) is 1. The molecule has 3 aliphatic carbocycles. The molecule has 5 rings (SSSR count). The van der Waals surface area contributed by atoms with Crippen LogP contribution in [0.2, 0.25) is 0 Å². The van der Waals surface area contributed by atoms with Crippen LogP contribution in [0.4, 0.5) is 0 Å². The summed E-state index contributed by atoms with van der Waals surface area (Å²) < 4.78 is 0. The van der Waals surface area contributed by atoms with Gasteiger partial charge in [0, 0.05) is 19.5 Å². The number of nitrogens with zero attached hydrogens (tertiary/aromatic N) is 1. The maximum atomic E-state index is 12.3. The third-order valence-corrected chi connectivity index (χ3v) is 9.82. The first-order chi connectivity index (χ1) is 13.8. The van der Waals surface area contributed by atoms with Gasteiger partial charge in [-0.3, -0.25) is 4.79 Å². The standard InChI is InChI=1S/C27H37NO/c1-18-5-7-19(8-6-18)17-20-9-11-22-21-10-12-24-27(3,16-14-25(29)28(24)4)23(21)13-15-26(20,22)2/h5-8,17,21-24H,9-16H2,1-4H3/b20-17+. The molecule has 6 unspecified atom stereocenters. The van der Waals surface area contributed by atoms with E-state index in [2.05, 4.69) is 63.1 Å². The summed E-state index contributed by atoms with van der Waals surface area (Å²) >= 11 is 0. The Labute approximate surface area is 176 Å². The molecule has 2 nitrogen and oxygen atoms in total. The van der Waals surface area contributed by atoms with E-state index in [0.717, 1.165) is 30.6 Å². The minimum Gasteiger partial charge on any atom is -0.342 e. The highest BCUT2D eigenvalue weighted by Gasteiger charge is 2.59. The van der Waals surface area contributed by atoms with Gasteiger partial charge in [-0.1, -0.05) is 55.3 Å². The second-order valence-electron chi connectivity index (χ2n) is 11.1. The van der Waals surface area contributed by atoms with Gasteiger partial charge in [-0.2, -0.15) is 0 Å². The molecule has 29 heavy (non-hydrogen) atoms. The summed E-state index contributed by atoms with van der Waals surface area (Å²) in [5.74, 6) is 2.85. The molecule has 2 heteroatoms. The molecule has 1 aromatic rings. The van der Waals surface area contributed by atoms with Crippen LogP contribution in [-0.2, 0) is 4.79 Å². The van der Waals surface area contributed by atoms with Crippen LogP contribution in [0.5, 0.6) is 0 Å². The van der Waals surface area contributed by atoms with Crippen LogP contribution < -0.4 is 0 Å². The van der Waals surface area contributed by atoms with Crippen molar-refractivity contribution in [2.45, 2.75) is 78.2 Å². The fraction of sp³-hybridized carbons (Fsp3) is 0.667. The Hall–Kier alpha value is -1.57. The minimum atomic E-state index is 0.330. The van der Waals surface area contributed by atoms with Gasteiger partial charge in [0.25, 0.3) is 0 Å². The summed E-state index contributed by atoms with van der Waals surface area (Å²) in [5.41, 5.74) is 5.12. The fourth-order valence-corrected chi connectivity index (χ4v) is 8.10. The van der Waals surface area contributed by atoms with Crippen molar-refractivity contribution in [3.8, 4) is 0 Å². The molecule has 0 aromatic heterocycles. The Balaban J connectivity index is 1.43. The number of allylic oxidation sites excluding steroid dienone is 1. The topological polar surface area (TPSA) is 20.3 Å². The molecular weight excluding hydrogens is 354 g/mol. The first-order valence-electron chi connectivity index (χ1n) is 11.9. The number of amides is 1. The molecule has 0 bridgehead atoms. The average molecular weight is 392 g/mol. The number of fused-ring (bicyclic) bond motifs is 5. The first kappa shape index (κ1) is 19.4. The van der Waals surface area contributed by atoms with Gasteiger partial charge in [0.2, 0.25) is 5.91 Å². The van der Waals surface area contributed by atoms with Gasteiger partial charge in [-0.15, -0.1) is 0 Å². The monoisotopic (exact) mass is 391 g/mol. The predicted molar refractivity (Wildman–Crippen MR) is 119 cm³/mol. The van der Waals surface area contributed by atoms with Crippen LogP contribution >= 0.6 is 0 Å². The molecule has 1 amide bonds. The number of carbonyl (C=O) groups is 1. The Morgan fingerprint density at radius 3 is 2.48 bits per heavy atom. The van der Waals surface area contributed by atoms with E-state index in [1.807, 2.05) is 0 Å². The van der Waals surface area contributed by atoms with Crippen LogP contribution in [0.25, 0.3) is 6.08 Å². The van der Waals surface area contributed by atoms with Crippen LogP contribution in [0.3, 0.4) is 0 Å². The van der Waals surface area contributed by atoms with Crippen LogP contribution in [0.15, 0.2) is 29.8 Å². The van der Waals surface area contributed by atoms with E-state index in [1.54, 1.807) is 5.57 Å². The molecule has 156 valence electrons. The van der Waals surface area contributed by atoms with Crippen molar-refractivity contribution < 1.29 is 4.79 Å². The third kappa shape index (κ3) is 2.85. The normalized spacial score (nSPS) is 43.1.